The molecule has 5 aliphatic heterocycles. The lowest BCUT2D eigenvalue weighted by Crippen LogP contribution is -2.81. The van der Waals surface area contributed by atoms with Gasteiger partial charge in [0, 0.05) is 30.4 Å². The molecule has 3 amide bonds. The first-order valence-electron chi connectivity index (χ1n) is 12.5. The number of guanidine groups is 2. The lowest BCUT2D eigenvalue weighted by Gasteiger charge is -2.51. The summed E-state index contributed by atoms with van der Waals surface area (Å²) in [5.41, 5.74) is -0.984. The van der Waals surface area contributed by atoms with E-state index >= 15 is 0 Å². The Kier molecular flexibility index (Phi) is 5.01. The Labute approximate surface area is 217 Å². The Bertz CT molecular complexity index is 1280. The fourth-order valence-corrected chi connectivity index (χ4v) is 6.33. The quantitative estimate of drug-likeness (QED) is 0.156. The maximum absolute atomic E-state index is 13.4. The van der Waals surface area contributed by atoms with Crippen LogP contribution >= 0.6 is 0 Å². The summed E-state index contributed by atoms with van der Waals surface area (Å²) in [7, 11) is 0. The first-order chi connectivity index (χ1) is 17.9. The second kappa shape index (κ2) is 7.80. The molecule has 0 saturated carbocycles. The summed E-state index contributed by atoms with van der Waals surface area (Å²) in [6.45, 7) is 4.13. The Hall–Kier alpha value is -3.91. The number of fused-ring (bicyclic) bond motifs is 1. The SMILES string of the molecule is CC1(C)COc2c(C(=O)NC3CN4C(=N)N[C@@H](CN5C(=O)CCC5=O)[C@@H]5NC(=N)NC54C3(O)O)cccc21. The summed E-state index contributed by atoms with van der Waals surface area (Å²) in [5.74, 6) is -3.93. The zero-order chi connectivity index (χ0) is 27.2. The van der Waals surface area contributed by atoms with Crippen molar-refractivity contribution in [3.8, 4) is 5.75 Å². The number of nitrogens with zero attached hydrogens (tertiary/aromatic N) is 2. The van der Waals surface area contributed by atoms with Crippen molar-refractivity contribution in [2.45, 2.75) is 61.7 Å². The third kappa shape index (κ3) is 3.16. The predicted molar refractivity (Wildman–Crippen MR) is 131 cm³/mol. The number of para-hydroxylation sites is 1. The molecule has 6 rings (SSSR count). The predicted octanol–water partition coefficient (Wildman–Crippen LogP) is -2.30. The molecule has 1 spiro atoms. The minimum atomic E-state index is -2.67. The summed E-state index contributed by atoms with van der Waals surface area (Å²) >= 11 is 0. The van der Waals surface area contributed by atoms with Crippen LogP contribution in [0.1, 0.15) is 42.6 Å². The number of imide groups is 1. The van der Waals surface area contributed by atoms with Gasteiger partial charge in [0.2, 0.25) is 17.6 Å². The monoisotopic (exact) mass is 526 g/mol. The van der Waals surface area contributed by atoms with Gasteiger partial charge in [-0.3, -0.25) is 30.1 Å². The molecule has 14 heteroatoms. The van der Waals surface area contributed by atoms with Crippen LogP contribution in [0.25, 0.3) is 0 Å². The van der Waals surface area contributed by atoms with Crippen LogP contribution in [0.5, 0.6) is 5.75 Å². The van der Waals surface area contributed by atoms with Gasteiger partial charge in [0.05, 0.1) is 30.8 Å². The number of carbonyl (C=O) groups excluding carboxylic acids is 3. The maximum Gasteiger partial charge on any atom is 0.255 e. The molecule has 5 aliphatic rings. The number of amides is 3. The van der Waals surface area contributed by atoms with Gasteiger partial charge < -0.3 is 41.1 Å². The molecule has 2 unspecified atom stereocenters. The van der Waals surface area contributed by atoms with Crippen LogP contribution < -0.4 is 26.0 Å². The number of carbonyl (C=O) groups is 3. The Morgan fingerprint density at radius 1 is 1.18 bits per heavy atom. The molecule has 0 aromatic heterocycles. The number of nitrogens with one attached hydrogen (secondary N) is 6. The third-order valence-corrected chi connectivity index (χ3v) is 8.30. The number of ether oxygens (including phenoxy) is 1. The molecule has 0 aliphatic carbocycles. The zero-order valence-electron chi connectivity index (χ0n) is 20.9. The number of hydrogen-bond donors (Lipinski definition) is 8. The van der Waals surface area contributed by atoms with Crippen molar-refractivity contribution in [2.24, 2.45) is 0 Å². The molecule has 1 aromatic rings. The van der Waals surface area contributed by atoms with Gasteiger partial charge in [-0.25, -0.2) is 0 Å². The summed E-state index contributed by atoms with van der Waals surface area (Å²) in [4.78, 5) is 40.3. The molecule has 4 saturated heterocycles. The lowest BCUT2D eigenvalue weighted by atomic mass is 9.84. The van der Waals surface area contributed by atoms with Crippen LogP contribution in [0.15, 0.2) is 18.2 Å². The average molecular weight is 527 g/mol. The Balaban J connectivity index is 1.31. The maximum atomic E-state index is 13.4. The minimum Gasteiger partial charge on any atom is -0.492 e. The summed E-state index contributed by atoms with van der Waals surface area (Å²) < 4.78 is 5.82. The van der Waals surface area contributed by atoms with Gasteiger partial charge >= 0.3 is 0 Å². The summed E-state index contributed by atoms with van der Waals surface area (Å²) in [6.07, 6.45) is 0.184. The van der Waals surface area contributed by atoms with E-state index in [1.165, 1.54) is 4.90 Å². The Morgan fingerprint density at radius 3 is 2.61 bits per heavy atom. The first-order valence-corrected chi connectivity index (χ1v) is 12.5. The molecule has 38 heavy (non-hydrogen) atoms. The van der Waals surface area contributed by atoms with Crippen molar-refractivity contribution in [3.63, 3.8) is 0 Å². The molecule has 0 bridgehead atoms. The third-order valence-electron chi connectivity index (χ3n) is 8.30. The molecule has 1 aromatic carbocycles. The molecule has 4 fully saturated rings. The molecule has 202 valence electrons. The summed E-state index contributed by atoms with van der Waals surface area (Å²) in [6, 6.07) is 2.19. The van der Waals surface area contributed by atoms with Crippen molar-refractivity contribution in [1.82, 2.24) is 31.1 Å². The normalized spacial score (nSPS) is 32.2. The van der Waals surface area contributed by atoms with Gasteiger partial charge in [-0.2, -0.15) is 0 Å². The van der Waals surface area contributed by atoms with Crippen LogP contribution in [-0.2, 0) is 15.0 Å². The van der Waals surface area contributed by atoms with Crippen molar-refractivity contribution in [3.05, 3.63) is 29.3 Å². The van der Waals surface area contributed by atoms with Crippen molar-refractivity contribution in [2.75, 3.05) is 19.7 Å². The van der Waals surface area contributed by atoms with E-state index in [1.807, 2.05) is 19.9 Å². The van der Waals surface area contributed by atoms with Gasteiger partial charge in [0.25, 0.3) is 5.91 Å². The van der Waals surface area contributed by atoms with Crippen LogP contribution in [0.2, 0.25) is 0 Å². The minimum absolute atomic E-state index is 0.0918. The Morgan fingerprint density at radius 2 is 1.89 bits per heavy atom. The highest BCUT2D eigenvalue weighted by Crippen LogP contribution is 2.44. The number of likely N-dealkylation sites (tertiary alicyclic amines) is 1. The molecule has 0 radical (unpaired) electrons. The molecule has 8 N–H and O–H groups in total. The van der Waals surface area contributed by atoms with Gasteiger partial charge in [0.1, 0.15) is 11.8 Å². The fraction of sp³-hybridized carbons (Fsp3) is 0.542. The van der Waals surface area contributed by atoms with E-state index in [0.717, 1.165) is 10.5 Å². The zero-order valence-corrected chi connectivity index (χ0v) is 20.9. The highest BCUT2D eigenvalue weighted by Gasteiger charge is 2.74. The van der Waals surface area contributed by atoms with Gasteiger partial charge in [-0.1, -0.05) is 26.0 Å². The highest BCUT2D eigenvalue weighted by molar-refractivity contribution is 6.02. The second-order valence-corrected chi connectivity index (χ2v) is 11.1. The van der Waals surface area contributed by atoms with Crippen LogP contribution in [-0.4, -0.2) is 98.9 Å². The number of rotatable bonds is 4. The van der Waals surface area contributed by atoms with E-state index in [-0.39, 0.29) is 60.6 Å². The van der Waals surface area contributed by atoms with Gasteiger partial charge in [0.15, 0.2) is 17.6 Å². The van der Waals surface area contributed by atoms with E-state index in [4.69, 9.17) is 15.6 Å². The van der Waals surface area contributed by atoms with E-state index < -0.39 is 35.5 Å². The van der Waals surface area contributed by atoms with Crippen molar-refractivity contribution >= 4 is 29.6 Å². The van der Waals surface area contributed by atoms with E-state index in [0.29, 0.717) is 12.4 Å². The molecular formula is C24H30N8O6. The second-order valence-electron chi connectivity index (χ2n) is 11.1. The van der Waals surface area contributed by atoms with Crippen LogP contribution in [0, 0.1) is 10.8 Å². The topological polar surface area (TPSA) is 203 Å². The smallest absolute Gasteiger partial charge is 0.255 e. The van der Waals surface area contributed by atoms with Crippen LogP contribution in [0.4, 0.5) is 0 Å². The van der Waals surface area contributed by atoms with E-state index in [9.17, 15) is 24.6 Å². The first kappa shape index (κ1) is 24.4. The van der Waals surface area contributed by atoms with Crippen molar-refractivity contribution < 1.29 is 29.3 Å². The molecule has 5 heterocycles. The van der Waals surface area contributed by atoms with E-state index in [2.05, 4.69) is 21.3 Å². The van der Waals surface area contributed by atoms with E-state index in [1.54, 1.807) is 12.1 Å². The highest BCUT2D eigenvalue weighted by atomic mass is 16.5. The fourth-order valence-electron chi connectivity index (χ4n) is 6.33. The summed E-state index contributed by atoms with van der Waals surface area (Å²) in [5, 5.41) is 51.3. The number of hydrogen-bond acceptors (Lipinski definition) is 8. The van der Waals surface area contributed by atoms with Crippen molar-refractivity contribution in [1.29, 1.82) is 10.8 Å². The van der Waals surface area contributed by atoms with Gasteiger partial charge in [-0.05, 0) is 6.07 Å². The molecule has 14 nitrogen and oxygen atoms in total. The lowest BCUT2D eigenvalue weighted by molar-refractivity contribution is -0.232. The standard InChI is InChI=1S/C24H30N8O6/c1-22(2)10-38-17-11(4-3-5-12(17)22)19(35)28-14-9-32-21(26)27-13(8-31-15(33)6-7-16(31)34)18-23(32,24(14,36)37)30-20(25)29-18/h3-5,13-14,18,36-37H,6-10H2,1-2H3,(H2,26,27)(H,28,35)(H3,25,29,30)/t13-,14?,18-,23?/m0/s1. The number of aliphatic hydroxyl groups is 2. The van der Waals surface area contributed by atoms with Crippen LogP contribution in [0.3, 0.4) is 0 Å². The molecule has 4 atom stereocenters. The average Bonchev–Trinajstić information content (AvgIpc) is 3.54. The molecular weight excluding hydrogens is 496 g/mol. The van der Waals surface area contributed by atoms with Gasteiger partial charge in [-0.15, -0.1) is 0 Å². The largest absolute Gasteiger partial charge is 0.492 e. The number of benzene rings is 1.